The molecule has 0 aliphatic rings. The number of carbonyl (C=O) groups excluding carboxylic acids is 3. The Kier molecular flexibility index (Phi) is 9.04. The van der Waals surface area contributed by atoms with Gasteiger partial charge in [-0.05, 0) is 35.9 Å². The Morgan fingerprint density at radius 3 is 2.34 bits per heavy atom. The maximum atomic E-state index is 12.8. The van der Waals surface area contributed by atoms with Crippen LogP contribution in [0.25, 0.3) is 0 Å². The third kappa shape index (κ3) is 8.59. The number of halogens is 3. The van der Waals surface area contributed by atoms with Crippen molar-refractivity contribution >= 4 is 52.8 Å². The SMILES string of the molecule is O=C(CNC(=O)NCc1ccc(F)cc1)NNC(=O)CSc1cc(Cl)ccc1Cl. The van der Waals surface area contributed by atoms with E-state index in [0.29, 0.717) is 20.5 Å². The molecular weight excluding hydrogens is 442 g/mol. The zero-order valence-electron chi connectivity index (χ0n) is 14.9. The summed E-state index contributed by atoms with van der Waals surface area (Å²) in [6, 6.07) is 9.94. The second-order valence-electron chi connectivity index (χ2n) is 5.62. The van der Waals surface area contributed by atoms with Gasteiger partial charge < -0.3 is 10.6 Å². The van der Waals surface area contributed by atoms with Crippen LogP contribution in [-0.4, -0.2) is 30.1 Å². The molecule has 0 heterocycles. The summed E-state index contributed by atoms with van der Waals surface area (Å²) >= 11 is 13.0. The molecule has 0 aromatic heterocycles. The number of nitrogens with one attached hydrogen (secondary N) is 4. The number of hydrogen-bond acceptors (Lipinski definition) is 4. The van der Waals surface area contributed by atoms with Crippen molar-refractivity contribution in [1.82, 2.24) is 21.5 Å². The van der Waals surface area contributed by atoms with Crippen LogP contribution in [0.2, 0.25) is 10.0 Å². The molecule has 4 N–H and O–H groups in total. The molecule has 0 spiro atoms. The van der Waals surface area contributed by atoms with Crippen molar-refractivity contribution in [2.75, 3.05) is 12.3 Å². The van der Waals surface area contributed by atoms with Crippen LogP contribution in [0.15, 0.2) is 47.4 Å². The van der Waals surface area contributed by atoms with E-state index in [9.17, 15) is 18.8 Å². The standard InChI is InChI=1S/C18H17Cl2FN4O3S/c19-12-3-6-14(20)15(7-12)29-10-17(27)25-24-16(26)9-23-18(28)22-8-11-1-4-13(21)5-2-11/h1-7H,8-10H2,(H,24,26)(H,25,27)(H2,22,23,28). The second-order valence-corrected chi connectivity index (χ2v) is 7.48. The van der Waals surface area contributed by atoms with Crippen LogP contribution in [0.3, 0.4) is 0 Å². The lowest BCUT2D eigenvalue weighted by molar-refractivity contribution is -0.127. The van der Waals surface area contributed by atoms with E-state index in [1.807, 2.05) is 0 Å². The summed E-state index contributed by atoms with van der Waals surface area (Å²) < 4.78 is 12.8. The van der Waals surface area contributed by atoms with Gasteiger partial charge in [-0.2, -0.15) is 0 Å². The van der Waals surface area contributed by atoms with E-state index >= 15 is 0 Å². The summed E-state index contributed by atoms with van der Waals surface area (Å²) in [5, 5.41) is 5.81. The number of amides is 4. The molecule has 2 aromatic carbocycles. The second kappa shape index (κ2) is 11.5. The highest BCUT2D eigenvalue weighted by Gasteiger charge is 2.09. The van der Waals surface area contributed by atoms with Crippen LogP contribution < -0.4 is 21.5 Å². The fourth-order valence-electron chi connectivity index (χ4n) is 1.96. The van der Waals surface area contributed by atoms with Crippen molar-refractivity contribution in [3.05, 3.63) is 63.9 Å². The normalized spacial score (nSPS) is 10.2. The molecule has 4 amide bonds. The molecule has 7 nitrogen and oxygen atoms in total. The van der Waals surface area contributed by atoms with Gasteiger partial charge in [-0.15, -0.1) is 11.8 Å². The third-order valence-corrected chi connectivity index (χ3v) is 5.10. The van der Waals surface area contributed by atoms with Gasteiger partial charge in [0.2, 0.25) is 5.91 Å². The maximum Gasteiger partial charge on any atom is 0.315 e. The zero-order chi connectivity index (χ0) is 21.2. The minimum atomic E-state index is -0.610. The molecule has 0 radical (unpaired) electrons. The number of benzene rings is 2. The zero-order valence-corrected chi connectivity index (χ0v) is 17.3. The van der Waals surface area contributed by atoms with Crippen molar-refractivity contribution < 1.29 is 18.8 Å². The first kappa shape index (κ1) is 22.8. The summed E-state index contributed by atoms with van der Waals surface area (Å²) in [5.41, 5.74) is 5.12. The smallest absolute Gasteiger partial charge is 0.315 e. The largest absolute Gasteiger partial charge is 0.334 e. The Morgan fingerprint density at radius 2 is 1.62 bits per heavy atom. The Balaban J connectivity index is 1.62. The molecule has 154 valence electrons. The molecule has 0 fully saturated rings. The lowest BCUT2D eigenvalue weighted by atomic mass is 10.2. The molecule has 0 saturated carbocycles. The molecule has 0 saturated heterocycles. The first-order valence-corrected chi connectivity index (χ1v) is 9.99. The molecule has 0 aliphatic carbocycles. The molecule has 2 rings (SSSR count). The average molecular weight is 459 g/mol. The number of rotatable bonds is 7. The molecule has 0 aliphatic heterocycles. The fourth-order valence-corrected chi connectivity index (χ4v) is 3.25. The van der Waals surface area contributed by atoms with E-state index in [1.165, 1.54) is 24.3 Å². The Hall–Kier alpha value is -2.49. The first-order valence-electron chi connectivity index (χ1n) is 8.25. The highest BCUT2D eigenvalue weighted by Crippen LogP contribution is 2.29. The van der Waals surface area contributed by atoms with Gasteiger partial charge in [-0.1, -0.05) is 35.3 Å². The number of hydrogen-bond donors (Lipinski definition) is 4. The lowest BCUT2D eigenvalue weighted by Gasteiger charge is -2.10. The van der Waals surface area contributed by atoms with Gasteiger partial charge in [0.05, 0.1) is 10.8 Å². The van der Waals surface area contributed by atoms with E-state index in [-0.39, 0.29) is 24.7 Å². The van der Waals surface area contributed by atoms with Crippen molar-refractivity contribution in [2.24, 2.45) is 0 Å². The van der Waals surface area contributed by atoms with Crippen molar-refractivity contribution in [1.29, 1.82) is 0 Å². The molecule has 11 heteroatoms. The van der Waals surface area contributed by atoms with E-state index in [2.05, 4.69) is 21.5 Å². The predicted octanol–water partition coefficient (Wildman–Crippen LogP) is 2.87. The van der Waals surface area contributed by atoms with Crippen LogP contribution in [0.1, 0.15) is 5.56 Å². The molecule has 0 bridgehead atoms. The fraction of sp³-hybridized carbons (Fsp3) is 0.167. The van der Waals surface area contributed by atoms with Gasteiger partial charge in [0.25, 0.3) is 5.91 Å². The van der Waals surface area contributed by atoms with Crippen molar-refractivity contribution in [2.45, 2.75) is 11.4 Å². The van der Waals surface area contributed by atoms with Gasteiger partial charge in [-0.25, -0.2) is 9.18 Å². The summed E-state index contributed by atoms with van der Waals surface area (Å²) in [6.07, 6.45) is 0. The quantitative estimate of drug-likeness (QED) is 0.378. The van der Waals surface area contributed by atoms with Crippen molar-refractivity contribution in [3.63, 3.8) is 0 Å². The summed E-state index contributed by atoms with van der Waals surface area (Å²) in [4.78, 5) is 35.8. The predicted molar refractivity (Wildman–Crippen MR) is 110 cm³/mol. The number of carbonyl (C=O) groups is 3. The van der Waals surface area contributed by atoms with Gasteiger partial charge >= 0.3 is 6.03 Å². The first-order chi connectivity index (χ1) is 13.8. The van der Waals surface area contributed by atoms with Crippen LogP contribution in [0.5, 0.6) is 0 Å². The molecule has 29 heavy (non-hydrogen) atoms. The summed E-state index contributed by atoms with van der Waals surface area (Å²) in [7, 11) is 0. The molecular formula is C18H17Cl2FN4O3S. The molecule has 2 aromatic rings. The number of urea groups is 1. The van der Waals surface area contributed by atoms with Gasteiger partial charge in [0, 0.05) is 16.5 Å². The van der Waals surface area contributed by atoms with Crippen molar-refractivity contribution in [3.8, 4) is 0 Å². The minimum Gasteiger partial charge on any atom is -0.334 e. The Bertz CT molecular complexity index is 884. The Labute approximate surface area is 180 Å². The van der Waals surface area contributed by atoms with Gasteiger partial charge in [-0.3, -0.25) is 20.4 Å². The van der Waals surface area contributed by atoms with E-state index < -0.39 is 17.8 Å². The van der Waals surface area contributed by atoms with Crippen LogP contribution in [0, 0.1) is 5.82 Å². The monoisotopic (exact) mass is 458 g/mol. The highest BCUT2D eigenvalue weighted by atomic mass is 35.5. The Morgan fingerprint density at radius 1 is 0.931 bits per heavy atom. The van der Waals surface area contributed by atoms with Gasteiger partial charge in [0.1, 0.15) is 12.4 Å². The van der Waals surface area contributed by atoms with Crippen LogP contribution in [-0.2, 0) is 16.1 Å². The van der Waals surface area contributed by atoms with Gasteiger partial charge in [0.15, 0.2) is 0 Å². The number of hydrazine groups is 1. The average Bonchev–Trinajstić information content (AvgIpc) is 2.70. The van der Waals surface area contributed by atoms with Crippen LogP contribution >= 0.6 is 35.0 Å². The molecule has 0 atom stereocenters. The van der Waals surface area contributed by atoms with E-state index in [0.717, 1.165) is 11.8 Å². The van der Waals surface area contributed by atoms with E-state index in [4.69, 9.17) is 23.2 Å². The number of thioether (sulfide) groups is 1. The third-order valence-electron chi connectivity index (χ3n) is 3.37. The minimum absolute atomic E-state index is 0.00588. The summed E-state index contributed by atoms with van der Waals surface area (Å²) in [5.74, 6) is -1.43. The van der Waals surface area contributed by atoms with Crippen LogP contribution in [0.4, 0.5) is 9.18 Å². The molecule has 0 unspecified atom stereocenters. The highest BCUT2D eigenvalue weighted by molar-refractivity contribution is 8.00. The maximum absolute atomic E-state index is 12.8. The summed E-state index contributed by atoms with van der Waals surface area (Å²) in [6.45, 7) is -0.170. The van der Waals surface area contributed by atoms with E-state index in [1.54, 1.807) is 18.2 Å². The topological polar surface area (TPSA) is 99.3 Å². The lowest BCUT2D eigenvalue weighted by Crippen LogP contribution is -2.48.